The molecule has 0 radical (unpaired) electrons. The molecule has 0 heterocycles. The number of nitrogens with zero attached hydrogens (tertiary/aromatic N) is 2. The van der Waals surface area contributed by atoms with Crippen LogP contribution in [0.2, 0.25) is 5.02 Å². The van der Waals surface area contributed by atoms with Crippen LogP contribution in [0.4, 0.5) is 11.4 Å². The van der Waals surface area contributed by atoms with Gasteiger partial charge in [-0.15, -0.1) is 0 Å². The Morgan fingerprint density at radius 2 is 1.74 bits per heavy atom. The molecule has 0 aliphatic carbocycles. The molecule has 0 saturated heterocycles. The summed E-state index contributed by atoms with van der Waals surface area (Å²) in [5, 5.41) is 20.4. The maximum absolute atomic E-state index is 11.0. The van der Waals surface area contributed by atoms with E-state index in [1.807, 2.05) is 0 Å². The second-order valence-electron chi connectivity index (χ2n) is 3.19. The fraction of sp³-hybridized carbons (Fsp3) is 0.143. The van der Waals surface area contributed by atoms with E-state index < -0.39 is 41.3 Å². The first-order chi connectivity index (χ1) is 8.07. The van der Waals surface area contributed by atoms with Gasteiger partial charge in [-0.1, -0.05) is 11.6 Å². The molecule has 0 unspecified atom stereocenters. The topological polar surface area (TPSA) is 141 Å². The van der Waals surface area contributed by atoms with Crippen molar-refractivity contribution in [3.05, 3.63) is 36.9 Å². The number of nitro benzene ring substituents is 2. The average Bonchev–Trinajstić information content (AvgIpc) is 2.17. The van der Waals surface area contributed by atoms with Crippen molar-refractivity contribution in [2.45, 2.75) is 11.8 Å². The number of nitro groups is 2. The van der Waals surface area contributed by atoms with Gasteiger partial charge in [0.2, 0.25) is 0 Å². The molecule has 1 aromatic carbocycles. The fourth-order valence-corrected chi connectivity index (χ4v) is 2.59. The van der Waals surface area contributed by atoms with Crippen LogP contribution < -0.4 is 0 Å². The molecule has 0 saturated carbocycles. The van der Waals surface area contributed by atoms with E-state index >= 15 is 0 Å². The minimum atomic E-state index is -4.92. The second-order valence-corrected chi connectivity index (χ2v) is 4.93. The number of aryl methyl sites for hydroxylation is 1. The molecule has 0 bridgehead atoms. The Hall–Kier alpha value is -0.144. The van der Waals surface area contributed by atoms with E-state index in [0.717, 1.165) is 13.0 Å². The molecule has 0 fully saturated rings. The zero-order chi connectivity index (χ0) is 14.2. The Morgan fingerprint density at radius 3 is 2.05 bits per heavy atom. The summed E-state index contributed by atoms with van der Waals surface area (Å²) < 4.78 is 31.0. The van der Waals surface area contributed by atoms with Crippen LogP contribution in [0.1, 0.15) is 5.56 Å². The zero-order valence-electron chi connectivity index (χ0n) is 8.65. The number of benzene rings is 1. The van der Waals surface area contributed by atoms with Crippen LogP contribution in [0.3, 0.4) is 0 Å². The number of hydrogen-bond acceptors (Lipinski definition) is 6. The van der Waals surface area contributed by atoms with Crippen molar-refractivity contribution >= 4 is 84.5 Å². The van der Waals surface area contributed by atoms with Crippen LogP contribution in [0, 0.1) is 27.2 Å². The third kappa shape index (κ3) is 3.92. The summed E-state index contributed by atoms with van der Waals surface area (Å²) in [4.78, 5) is 18.1. The summed E-state index contributed by atoms with van der Waals surface area (Å²) in [7, 11) is -4.92. The van der Waals surface area contributed by atoms with Crippen LogP contribution in [-0.4, -0.2) is 74.2 Å². The number of halogens is 1. The van der Waals surface area contributed by atoms with E-state index in [-0.39, 0.29) is 56.9 Å². The van der Waals surface area contributed by atoms with E-state index in [9.17, 15) is 28.6 Å². The van der Waals surface area contributed by atoms with Gasteiger partial charge < -0.3 is 0 Å². The molecule has 1 N–H and O–H groups in total. The summed E-state index contributed by atoms with van der Waals surface area (Å²) in [5.41, 5.74) is -2.38. The summed E-state index contributed by atoms with van der Waals surface area (Å²) in [6.07, 6.45) is 0. The Bertz CT molecular complexity index is 660. The van der Waals surface area contributed by atoms with Gasteiger partial charge in [0.05, 0.1) is 9.85 Å². The Morgan fingerprint density at radius 1 is 1.26 bits per heavy atom. The van der Waals surface area contributed by atoms with Crippen molar-refractivity contribution < 1.29 is 22.8 Å². The molecule has 0 aromatic heterocycles. The minimum absolute atomic E-state index is 0. The number of hydrogen-bond donors (Lipinski definition) is 1. The summed E-state index contributed by atoms with van der Waals surface area (Å²) in [6, 6.07) is 0.735. The van der Waals surface area contributed by atoms with Crippen molar-refractivity contribution in [2.24, 2.45) is 0 Å². The molecule has 1 aromatic rings. The van der Waals surface area contributed by atoms with E-state index in [1.54, 1.807) is 0 Å². The average molecular weight is 337 g/mol. The first-order valence-electron chi connectivity index (χ1n) is 4.16. The van der Waals surface area contributed by atoms with Gasteiger partial charge in [-0.25, -0.2) is 0 Å². The third-order valence-electron chi connectivity index (χ3n) is 2.00. The van der Waals surface area contributed by atoms with Crippen LogP contribution >= 0.6 is 11.6 Å². The van der Waals surface area contributed by atoms with Crippen LogP contribution in [0.25, 0.3) is 0 Å². The molecule has 0 amide bonds. The van der Waals surface area contributed by atoms with Crippen molar-refractivity contribution in [1.82, 2.24) is 0 Å². The van der Waals surface area contributed by atoms with Gasteiger partial charge in [-0.2, -0.15) is 8.42 Å². The van der Waals surface area contributed by atoms with Gasteiger partial charge in [-0.05, 0) is 12.5 Å². The molecular formula is C7H6ClKN2O7S. The molecule has 0 atom stereocenters. The van der Waals surface area contributed by atoms with Crippen LogP contribution in [0.5, 0.6) is 0 Å². The van der Waals surface area contributed by atoms with Gasteiger partial charge in [0, 0.05) is 6.07 Å². The van der Waals surface area contributed by atoms with Gasteiger partial charge in [0.25, 0.3) is 5.69 Å². The molecule has 0 aliphatic heterocycles. The molecule has 1 rings (SSSR count). The molecule has 0 spiro atoms. The van der Waals surface area contributed by atoms with Crippen LogP contribution in [0.15, 0.2) is 11.0 Å². The molecule has 9 nitrogen and oxygen atoms in total. The molecule has 100 valence electrons. The van der Waals surface area contributed by atoms with E-state index in [0.29, 0.717) is 0 Å². The molecule has 12 heteroatoms. The Labute approximate surface area is 154 Å². The van der Waals surface area contributed by atoms with Crippen molar-refractivity contribution in [3.63, 3.8) is 0 Å². The van der Waals surface area contributed by atoms with Gasteiger partial charge in [0.15, 0.2) is 9.92 Å². The van der Waals surface area contributed by atoms with E-state index in [4.69, 9.17) is 16.2 Å². The van der Waals surface area contributed by atoms with Crippen molar-refractivity contribution in [3.8, 4) is 0 Å². The summed E-state index contributed by atoms with van der Waals surface area (Å²) in [5.74, 6) is 0. The van der Waals surface area contributed by atoms with Gasteiger partial charge >= 0.3 is 67.2 Å². The predicted molar refractivity (Wildman–Crippen MR) is 66.5 cm³/mol. The quantitative estimate of drug-likeness (QED) is 0.376. The van der Waals surface area contributed by atoms with Gasteiger partial charge in [0.1, 0.15) is 0 Å². The predicted octanol–water partition coefficient (Wildman–Crippen LogP) is 1.06. The Balaban J connectivity index is 0.00000324. The van der Waals surface area contributed by atoms with Gasteiger partial charge in [-0.3, -0.25) is 24.8 Å². The van der Waals surface area contributed by atoms with Crippen molar-refractivity contribution in [1.29, 1.82) is 0 Å². The summed E-state index contributed by atoms with van der Waals surface area (Å²) in [6.45, 7) is 1.07. The normalized spacial score (nSPS) is 10.7. The van der Waals surface area contributed by atoms with Crippen molar-refractivity contribution in [2.75, 3.05) is 0 Å². The standard InChI is InChI=1S/C7H5ClN2O7S.K.H/c1-3-2-4(9(11)12)5(8)6(10(13)14)7(3)18(15,16)17;;/h2H,1H3,(H,15,16,17);;. The van der Waals surface area contributed by atoms with Crippen LogP contribution in [-0.2, 0) is 10.1 Å². The fourth-order valence-electron chi connectivity index (χ4n) is 1.36. The second kappa shape index (κ2) is 6.54. The van der Waals surface area contributed by atoms with E-state index in [2.05, 4.69) is 0 Å². The SMILES string of the molecule is Cc1cc([N+](=O)[O-])c(Cl)c([N+](=O)[O-])c1S(=O)(=O)O.[KH]. The maximum atomic E-state index is 11.0. The first-order valence-corrected chi connectivity index (χ1v) is 5.98. The van der Waals surface area contributed by atoms with E-state index in [1.165, 1.54) is 0 Å². The Kier molecular flexibility index (Phi) is 6.49. The monoisotopic (exact) mass is 336 g/mol. The zero-order valence-corrected chi connectivity index (χ0v) is 10.2. The summed E-state index contributed by atoms with van der Waals surface area (Å²) >= 11 is 5.42. The first kappa shape index (κ1) is 18.9. The molecule has 19 heavy (non-hydrogen) atoms. The molecule has 0 aliphatic rings. The molecular weight excluding hydrogens is 331 g/mol. The third-order valence-corrected chi connectivity index (χ3v) is 3.40. The number of rotatable bonds is 3.